The molecule has 224 valence electrons. The minimum absolute atomic E-state index is 0.148. The van der Waals surface area contributed by atoms with Crippen LogP contribution in [0.25, 0.3) is 11.8 Å². The minimum Gasteiger partial charge on any atom is -0.339 e. The van der Waals surface area contributed by atoms with Gasteiger partial charge in [0, 0.05) is 24.7 Å². The summed E-state index contributed by atoms with van der Waals surface area (Å²) in [5.74, 6) is -3.84. The molecule has 4 heterocycles. The molecule has 0 saturated carbocycles. The smallest absolute Gasteiger partial charge is 0.257 e. The number of halogens is 2. The molecule has 5 rings (SSSR count). The third kappa shape index (κ3) is 5.18. The molecule has 0 radical (unpaired) electrons. The summed E-state index contributed by atoms with van der Waals surface area (Å²) < 4.78 is 32.2. The third-order valence-corrected chi connectivity index (χ3v) is 8.00. The van der Waals surface area contributed by atoms with Gasteiger partial charge in [0.05, 0.1) is 22.6 Å². The summed E-state index contributed by atoms with van der Waals surface area (Å²) >= 11 is 0. The first-order valence-corrected chi connectivity index (χ1v) is 14.2. The number of aromatic nitrogens is 3. The number of anilines is 1. The van der Waals surface area contributed by atoms with Gasteiger partial charge in [-0.1, -0.05) is 40.3 Å². The maximum absolute atomic E-state index is 16.0. The molecular weight excluding hydrogens is 556 g/mol. The van der Waals surface area contributed by atoms with E-state index in [0.29, 0.717) is 53.6 Å². The van der Waals surface area contributed by atoms with Crippen molar-refractivity contribution in [3.05, 3.63) is 99.1 Å². The van der Waals surface area contributed by atoms with Gasteiger partial charge in [-0.3, -0.25) is 24.2 Å². The molecule has 11 heteroatoms. The van der Waals surface area contributed by atoms with E-state index in [9.17, 15) is 19.6 Å². The van der Waals surface area contributed by atoms with Crippen molar-refractivity contribution in [2.75, 3.05) is 18.2 Å². The van der Waals surface area contributed by atoms with Crippen LogP contribution >= 0.6 is 0 Å². The van der Waals surface area contributed by atoms with Crippen molar-refractivity contribution in [3.8, 4) is 5.69 Å². The summed E-state index contributed by atoms with van der Waals surface area (Å²) in [5, 5.41) is 12.1. The Morgan fingerprint density at radius 3 is 2.26 bits per heavy atom. The van der Waals surface area contributed by atoms with Gasteiger partial charge in [0.2, 0.25) is 5.91 Å². The van der Waals surface area contributed by atoms with Crippen molar-refractivity contribution in [1.29, 1.82) is 0 Å². The van der Waals surface area contributed by atoms with Gasteiger partial charge in [0.25, 0.3) is 5.56 Å². The van der Waals surface area contributed by atoms with Gasteiger partial charge in [-0.25, -0.2) is 23.8 Å². The van der Waals surface area contributed by atoms with Crippen LogP contribution in [0.3, 0.4) is 0 Å². The zero-order chi connectivity index (χ0) is 31.2. The van der Waals surface area contributed by atoms with E-state index in [-0.39, 0.29) is 35.0 Å². The summed E-state index contributed by atoms with van der Waals surface area (Å²) in [6.07, 6.45) is 8.02. The molecule has 2 aromatic heterocycles. The molecule has 0 spiro atoms. The number of hydrogen-bond acceptors (Lipinski definition) is 7. The highest BCUT2D eigenvalue weighted by atomic mass is 19.1. The molecule has 9 nitrogen and oxygen atoms in total. The number of hydroxylamine groups is 1. The van der Waals surface area contributed by atoms with Crippen molar-refractivity contribution in [1.82, 2.24) is 19.4 Å². The number of ketones is 1. The predicted molar refractivity (Wildman–Crippen MR) is 158 cm³/mol. The van der Waals surface area contributed by atoms with Crippen molar-refractivity contribution >= 4 is 23.6 Å². The average molecular weight is 590 g/mol. The zero-order valence-corrected chi connectivity index (χ0v) is 24.5. The normalized spacial score (nSPS) is 19.1. The number of hydrogen-bond donors (Lipinski definition) is 1. The summed E-state index contributed by atoms with van der Waals surface area (Å²) in [5.41, 5.74) is 0.135. The summed E-state index contributed by atoms with van der Waals surface area (Å²) in [6.45, 7) is 11.9. The molecule has 43 heavy (non-hydrogen) atoms. The number of carbonyl (C=O) groups excluding carboxylic acids is 2. The Balaban J connectivity index is 1.82. The van der Waals surface area contributed by atoms with Gasteiger partial charge in [0.1, 0.15) is 17.9 Å². The molecule has 2 aromatic rings. The molecule has 1 fully saturated rings. The van der Waals surface area contributed by atoms with Gasteiger partial charge in [-0.05, 0) is 60.5 Å². The van der Waals surface area contributed by atoms with E-state index in [0.717, 1.165) is 18.2 Å². The van der Waals surface area contributed by atoms with Crippen molar-refractivity contribution in [2.45, 2.75) is 58.3 Å². The quantitative estimate of drug-likeness (QED) is 0.457. The van der Waals surface area contributed by atoms with Crippen LogP contribution < -0.4 is 10.6 Å². The molecule has 1 aliphatic carbocycles. The number of likely N-dealkylation sites (tertiary alicyclic amines) is 1. The van der Waals surface area contributed by atoms with Gasteiger partial charge in [-0.15, -0.1) is 0 Å². The molecule has 2 aliphatic heterocycles. The molecule has 0 bridgehead atoms. The highest BCUT2D eigenvalue weighted by Gasteiger charge is 2.37. The molecule has 1 N–H and O–H groups in total. The van der Waals surface area contributed by atoms with Gasteiger partial charge >= 0.3 is 0 Å². The van der Waals surface area contributed by atoms with E-state index in [4.69, 9.17) is 0 Å². The number of allylic oxidation sites excluding steroid dienone is 6. The number of fused-ring (bicyclic) bond motifs is 1. The molecule has 0 atom stereocenters. The summed E-state index contributed by atoms with van der Waals surface area (Å²) in [4.78, 5) is 49.6. The highest BCUT2D eigenvalue weighted by molar-refractivity contribution is 6.10. The number of amides is 1. The number of pyridine rings is 1. The van der Waals surface area contributed by atoms with Gasteiger partial charge < -0.3 is 4.90 Å². The first-order chi connectivity index (χ1) is 20.5. The van der Waals surface area contributed by atoms with Crippen LogP contribution in [0, 0.1) is 0 Å². The summed E-state index contributed by atoms with van der Waals surface area (Å²) in [6, 6.07) is 1.42. The monoisotopic (exact) mass is 589 g/mol. The van der Waals surface area contributed by atoms with Gasteiger partial charge in [0.15, 0.2) is 17.4 Å². The largest absolute Gasteiger partial charge is 0.339 e. The second-order valence-corrected chi connectivity index (χ2v) is 11.4. The number of piperidine rings is 1. The molecule has 0 aromatic carbocycles. The lowest BCUT2D eigenvalue weighted by atomic mass is 9.85. The zero-order valence-electron chi connectivity index (χ0n) is 24.5. The van der Waals surface area contributed by atoms with E-state index < -0.39 is 34.3 Å². The predicted octanol–water partition coefficient (Wildman–Crippen LogP) is 5.53. The second-order valence-electron chi connectivity index (χ2n) is 11.4. The van der Waals surface area contributed by atoms with Gasteiger partial charge in [-0.2, -0.15) is 0 Å². The fourth-order valence-corrected chi connectivity index (χ4v) is 5.92. The topological polar surface area (TPSA) is 109 Å². The maximum atomic E-state index is 16.0. The molecule has 0 unspecified atom stereocenters. The molecular formula is C32H33F2N5O4. The molecule has 1 amide bonds. The first-order valence-electron chi connectivity index (χ1n) is 14.2. The fourth-order valence-electron chi connectivity index (χ4n) is 5.92. The number of rotatable bonds is 5. The Morgan fingerprint density at radius 1 is 1.07 bits per heavy atom. The SMILES string of the molecule is C=CC(=O)N1CCC(c2cc(=O)n(-c3c(C(C)C)ncnc3C(C)C)c3c2C=C(F)/C(=C2/C(=O)C=CC=C2F)N3O)CC1. The highest BCUT2D eigenvalue weighted by Crippen LogP contribution is 2.44. The minimum atomic E-state index is -1.04. The summed E-state index contributed by atoms with van der Waals surface area (Å²) in [7, 11) is 0. The van der Waals surface area contributed by atoms with E-state index in [1.165, 1.54) is 29.1 Å². The van der Waals surface area contributed by atoms with Crippen LogP contribution in [0.5, 0.6) is 0 Å². The van der Waals surface area contributed by atoms with E-state index >= 15 is 8.78 Å². The lowest BCUT2D eigenvalue weighted by Crippen LogP contribution is -2.38. The Kier molecular flexibility index (Phi) is 8.11. The van der Waals surface area contributed by atoms with Crippen LogP contribution in [0.2, 0.25) is 0 Å². The fraction of sp³-hybridized carbons (Fsp3) is 0.344. The number of carbonyl (C=O) groups is 2. The van der Waals surface area contributed by atoms with Crippen LogP contribution in [-0.2, 0) is 9.59 Å². The lowest BCUT2D eigenvalue weighted by Gasteiger charge is -2.35. The average Bonchev–Trinajstić information content (AvgIpc) is 2.97. The van der Waals surface area contributed by atoms with E-state index in [1.54, 1.807) is 4.90 Å². The third-order valence-electron chi connectivity index (χ3n) is 8.00. The Bertz CT molecular complexity index is 1680. The Labute approximate surface area is 247 Å². The van der Waals surface area contributed by atoms with Crippen molar-refractivity contribution < 1.29 is 23.6 Å². The van der Waals surface area contributed by atoms with Crippen molar-refractivity contribution in [2.24, 2.45) is 0 Å². The lowest BCUT2D eigenvalue weighted by molar-refractivity contribution is -0.127. The molecule has 3 aliphatic rings. The first kappa shape index (κ1) is 30.0. The van der Waals surface area contributed by atoms with Crippen LogP contribution in [0.4, 0.5) is 14.6 Å². The van der Waals surface area contributed by atoms with E-state index in [2.05, 4.69) is 16.5 Å². The number of nitrogens with zero attached hydrogens (tertiary/aromatic N) is 5. The van der Waals surface area contributed by atoms with Crippen LogP contribution in [-0.4, -0.2) is 49.4 Å². The standard InChI is InChI=1S/C32H33F2N5O4/c1-6-25(41)37-12-10-19(11-13-37)20-15-26(42)38(31-28(17(2)3)35-16-36-29(31)18(4)5)32-21(20)14-23(34)30(39(32)43)27-22(33)8-7-9-24(27)40/h6-9,14-19,43H,1,10-13H2,2-5H3/b30-27-. The van der Waals surface area contributed by atoms with E-state index in [1.807, 2.05) is 27.7 Å². The van der Waals surface area contributed by atoms with Crippen LogP contribution in [0.1, 0.15) is 80.8 Å². The second kappa shape index (κ2) is 11.6. The van der Waals surface area contributed by atoms with Crippen molar-refractivity contribution in [3.63, 3.8) is 0 Å². The Hall–Kier alpha value is -4.51. The Morgan fingerprint density at radius 2 is 1.70 bits per heavy atom. The molecule has 1 saturated heterocycles. The van der Waals surface area contributed by atoms with Crippen LogP contribution in [0.15, 0.2) is 71.0 Å². The maximum Gasteiger partial charge on any atom is 0.257 e.